The van der Waals surface area contributed by atoms with Crippen LogP contribution in [-0.2, 0) is 0 Å². The molecule has 0 bridgehead atoms. The number of carbonyl (C=O) groups is 1. The van der Waals surface area contributed by atoms with Crippen LogP contribution in [0.5, 0.6) is 0 Å². The van der Waals surface area contributed by atoms with Gasteiger partial charge in [0.1, 0.15) is 0 Å². The number of hydrogen-bond donors (Lipinski definition) is 2. The molecule has 6 heteroatoms. The molecule has 2 N–H and O–H groups in total. The number of carboxylic acids is 1. The first kappa shape index (κ1) is 12.9. The summed E-state index contributed by atoms with van der Waals surface area (Å²) < 4.78 is 0. The van der Waals surface area contributed by atoms with Gasteiger partial charge in [0.05, 0.1) is 22.1 Å². The summed E-state index contributed by atoms with van der Waals surface area (Å²) in [5, 5.41) is 12.4. The van der Waals surface area contributed by atoms with Crippen LogP contribution in [0.15, 0.2) is 29.9 Å². The number of aromatic carboxylic acids is 1. The summed E-state index contributed by atoms with van der Waals surface area (Å²) in [6, 6.07) is 4.93. The van der Waals surface area contributed by atoms with Gasteiger partial charge in [-0.2, -0.15) is 0 Å². The van der Waals surface area contributed by atoms with Gasteiger partial charge in [-0.15, -0.1) is 11.3 Å². The van der Waals surface area contributed by atoms with Gasteiger partial charge < -0.3 is 10.4 Å². The molecule has 1 aromatic carbocycles. The van der Waals surface area contributed by atoms with Crippen molar-refractivity contribution in [1.82, 2.24) is 4.98 Å². The van der Waals surface area contributed by atoms with E-state index < -0.39 is 5.97 Å². The molecule has 2 rings (SSSR count). The normalized spacial score (nSPS) is 12.1. The van der Waals surface area contributed by atoms with Crippen LogP contribution in [0.25, 0.3) is 0 Å². The number of carboxylic acid groups (broad SMARTS) is 1. The fraction of sp³-hybridized carbons (Fsp3) is 0.167. The van der Waals surface area contributed by atoms with Crippen molar-refractivity contribution >= 4 is 34.6 Å². The first-order valence-electron chi connectivity index (χ1n) is 5.25. The molecule has 0 aliphatic rings. The minimum Gasteiger partial charge on any atom is -0.478 e. The van der Waals surface area contributed by atoms with Gasteiger partial charge in [0, 0.05) is 16.8 Å². The summed E-state index contributed by atoms with van der Waals surface area (Å²) in [6.45, 7) is 1.99. The van der Waals surface area contributed by atoms with E-state index in [2.05, 4.69) is 10.3 Å². The van der Waals surface area contributed by atoms with Crippen molar-refractivity contribution < 1.29 is 9.90 Å². The van der Waals surface area contributed by atoms with Crippen LogP contribution in [0.1, 0.15) is 28.2 Å². The molecule has 1 aromatic heterocycles. The lowest BCUT2D eigenvalue weighted by atomic mass is 10.2. The lowest BCUT2D eigenvalue weighted by Crippen LogP contribution is -2.06. The maximum atomic E-state index is 11.0. The quantitative estimate of drug-likeness (QED) is 0.898. The van der Waals surface area contributed by atoms with Gasteiger partial charge in [0.25, 0.3) is 0 Å². The molecule has 0 radical (unpaired) electrons. The second kappa shape index (κ2) is 5.37. The molecule has 0 aliphatic heterocycles. The van der Waals surface area contributed by atoms with Crippen molar-refractivity contribution in [3.63, 3.8) is 0 Å². The highest BCUT2D eigenvalue weighted by Gasteiger charge is 2.11. The highest BCUT2D eigenvalue weighted by atomic mass is 35.5. The van der Waals surface area contributed by atoms with Crippen LogP contribution in [0.3, 0.4) is 0 Å². The molecule has 1 unspecified atom stereocenters. The maximum Gasteiger partial charge on any atom is 0.337 e. The molecule has 94 valence electrons. The van der Waals surface area contributed by atoms with E-state index in [1.807, 2.05) is 6.92 Å². The van der Waals surface area contributed by atoms with Crippen LogP contribution in [0.4, 0.5) is 5.69 Å². The van der Waals surface area contributed by atoms with Crippen molar-refractivity contribution in [1.29, 1.82) is 0 Å². The minimum absolute atomic E-state index is 0.0697. The van der Waals surface area contributed by atoms with E-state index in [-0.39, 0.29) is 16.6 Å². The van der Waals surface area contributed by atoms with E-state index in [1.165, 1.54) is 6.07 Å². The Balaban J connectivity index is 2.20. The van der Waals surface area contributed by atoms with Gasteiger partial charge in [-0.25, -0.2) is 4.79 Å². The Morgan fingerprint density at radius 2 is 2.33 bits per heavy atom. The topological polar surface area (TPSA) is 62.2 Å². The Kier molecular flexibility index (Phi) is 3.84. The number of rotatable bonds is 4. The summed E-state index contributed by atoms with van der Waals surface area (Å²) >= 11 is 7.36. The molecule has 1 heterocycles. The van der Waals surface area contributed by atoms with Crippen LogP contribution < -0.4 is 5.32 Å². The SMILES string of the molecule is CC(Nc1ccc(Cl)c(C(=O)O)c1)c1cncs1. The van der Waals surface area contributed by atoms with Crippen LogP contribution >= 0.6 is 22.9 Å². The third kappa shape index (κ3) is 2.80. The zero-order chi connectivity index (χ0) is 13.1. The summed E-state index contributed by atoms with van der Waals surface area (Å²) in [5.74, 6) is -1.03. The fourth-order valence-electron chi connectivity index (χ4n) is 1.54. The zero-order valence-electron chi connectivity index (χ0n) is 9.55. The molecule has 0 saturated heterocycles. The van der Waals surface area contributed by atoms with Gasteiger partial charge in [-0.1, -0.05) is 11.6 Å². The smallest absolute Gasteiger partial charge is 0.337 e. The van der Waals surface area contributed by atoms with E-state index in [1.54, 1.807) is 35.2 Å². The van der Waals surface area contributed by atoms with Crippen molar-refractivity contribution in [3.8, 4) is 0 Å². The molecular formula is C12H11ClN2O2S. The standard InChI is InChI=1S/C12H11ClN2O2S/c1-7(11-5-14-6-18-11)15-8-2-3-10(13)9(4-8)12(16)17/h2-7,15H,1H3,(H,16,17). The number of benzene rings is 1. The second-order valence-electron chi connectivity index (χ2n) is 3.77. The molecule has 0 spiro atoms. The summed E-state index contributed by atoms with van der Waals surface area (Å²) in [5.41, 5.74) is 2.58. The van der Waals surface area contributed by atoms with E-state index in [4.69, 9.17) is 16.7 Å². The van der Waals surface area contributed by atoms with Crippen LogP contribution in [-0.4, -0.2) is 16.1 Å². The number of nitrogens with zero attached hydrogens (tertiary/aromatic N) is 1. The first-order valence-corrected chi connectivity index (χ1v) is 6.51. The lowest BCUT2D eigenvalue weighted by molar-refractivity contribution is 0.0697. The van der Waals surface area contributed by atoms with Crippen molar-refractivity contribution in [3.05, 3.63) is 45.4 Å². The van der Waals surface area contributed by atoms with E-state index in [0.29, 0.717) is 0 Å². The minimum atomic E-state index is -1.03. The van der Waals surface area contributed by atoms with Gasteiger partial charge in [-0.05, 0) is 25.1 Å². The average molecular weight is 283 g/mol. The molecule has 4 nitrogen and oxygen atoms in total. The van der Waals surface area contributed by atoms with E-state index in [0.717, 1.165) is 10.6 Å². The predicted octanol–water partition coefficient (Wildman–Crippen LogP) is 3.67. The van der Waals surface area contributed by atoms with Gasteiger partial charge in [0.2, 0.25) is 0 Å². The molecule has 0 saturated carbocycles. The Hall–Kier alpha value is -1.59. The van der Waals surface area contributed by atoms with Gasteiger partial charge >= 0.3 is 5.97 Å². The van der Waals surface area contributed by atoms with Gasteiger partial charge in [0.15, 0.2) is 0 Å². The fourth-order valence-corrected chi connectivity index (χ4v) is 2.37. The Bertz CT molecular complexity index is 557. The zero-order valence-corrected chi connectivity index (χ0v) is 11.1. The maximum absolute atomic E-state index is 11.0. The average Bonchev–Trinajstić information content (AvgIpc) is 2.85. The Morgan fingerprint density at radius 3 is 2.94 bits per heavy atom. The lowest BCUT2D eigenvalue weighted by Gasteiger charge is -2.14. The van der Waals surface area contributed by atoms with Crippen LogP contribution in [0.2, 0.25) is 5.02 Å². The summed E-state index contributed by atoms with van der Waals surface area (Å²) in [4.78, 5) is 16.1. The summed E-state index contributed by atoms with van der Waals surface area (Å²) in [7, 11) is 0. The molecule has 0 fully saturated rings. The monoisotopic (exact) mass is 282 g/mol. The van der Waals surface area contributed by atoms with E-state index >= 15 is 0 Å². The highest BCUT2D eigenvalue weighted by molar-refractivity contribution is 7.09. The molecule has 2 aromatic rings. The number of nitrogens with one attached hydrogen (secondary N) is 1. The number of hydrogen-bond acceptors (Lipinski definition) is 4. The first-order chi connectivity index (χ1) is 8.58. The number of thiazole rings is 1. The van der Waals surface area contributed by atoms with Crippen molar-refractivity contribution in [2.45, 2.75) is 13.0 Å². The van der Waals surface area contributed by atoms with Crippen molar-refractivity contribution in [2.24, 2.45) is 0 Å². The summed E-state index contributed by atoms with van der Waals surface area (Å²) in [6.07, 6.45) is 1.79. The Morgan fingerprint density at radius 1 is 1.56 bits per heavy atom. The molecule has 18 heavy (non-hydrogen) atoms. The number of aromatic nitrogens is 1. The Labute approximate surface area is 113 Å². The molecular weight excluding hydrogens is 272 g/mol. The predicted molar refractivity (Wildman–Crippen MR) is 72.6 cm³/mol. The molecule has 1 atom stereocenters. The molecule has 0 amide bonds. The van der Waals surface area contributed by atoms with Gasteiger partial charge in [-0.3, -0.25) is 4.98 Å². The van der Waals surface area contributed by atoms with Crippen LogP contribution in [0, 0.1) is 0 Å². The number of halogens is 1. The van der Waals surface area contributed by atoms with Crippen molar-refractivity contribution in [2.75, 3.05) is 5.32 Å². The highest BCUT2D eigenvalue weighted by Crippen LogP contribution is 2.25. The second-order valence-corrected chi connectivity index (χ2v) is 5.09. The molecule has 0 aliphatic carbocycles. The number of anilines is 1. The third-order valence-corrected chi connectivity index (χ3v) is 3.75. The third-order valence-electron chi connectivity index (χ3n) is 2.46. The van der Waals surface area contributed by atoms with E-state index in [9.17, 15) is 4.79 Å². The largest absolute Gasteiger partial charge is 0.478 e.